The summed E-state index contributed by atoms with van der Waals surface area (Å²) in [6, 6.07) is 3.79. The minimum atomic E-state index is -0.731. The number of hydrogen-bond donors (Lipinski definition) is 2. The molecular formula is C14H16FN3O3. The normalized spacial score (nSPS) is 13.9. The molecule has 0 aliphatic heterocycles. The van der Waals surface area contributed by atoms with E-state index in [2.05, 4.69) is 10.3 Å². The maximum absolute atomic E-state index is 14.2. The van der Waals surface area contributed by atoms with Crippen LogP contribution in [0.15, 0.2) is 24.4 Å². The van der Waals surface area contributed by atoms with E-state index in [-0.39, 0.29) is 28.3 Å². The minimum Gasteiger partial charge on any atom is -0.393 e. The number of anilines is 1. The van der Waals surface area contributed by atoms with Gasteiger partial charge in [-0.3, -0.25) is 15.1 Å². The molecule has 2 rings (SSSR count). The van der Waals surface area contributed by atoms with Crippen molar-refractivity contribution in [1.29, 1.82) is 0 Å². The lowest BCUT2D eigenvalue weighted by Crippen LogP contribution is -2.21. The molecule has 0 spiro atoms. The molecule has 6 nitrogen and oxygen atoms in total. The Morgan fingerprint density at radius 2 is 2.24 bits per heavy atom. The van der Waals surface area contributed by atoms with Gasteiger partial charge in [-0.1, -0.05) is 0 Å². The fraction of sp³-hybridized carbons (Fsp3) is 0.357. The van der Waals surface area contributed by atoms with E-state index in [1.807, 2.05) is 0 Å². The molecule has 0 aliphatic rings. The van der Waals surface area contributed by atoms with Gasteiger partial charge in [0.15, 0.2) is 5.82 Å². The highest BCUT2D eigenvalue weighted by Gasteiger charge is 2.21. The van der Waals surface area contributed by atoms with E-state index >= 15 is 0 Å². The topological polar surface area (TPSA) is 88.3 Å². The quantitative estimate of drug-likeness (QED) is 0.653. The maximum Gasteiger partial charge on any atom is 0.281 e. The standard InChI is InChI=1S/C14H16FN3O3/c1-8(6-9(2)19)17-14-11(15)7-12(18(20)21)10-4-3-5-16-13(10)14/h3-5,7-9,17,19H,6H2,1-2H3. The van der Waals surface area contributed by atoms with Gasteiger partial charge in [0.05, 0.1) is 28.2 Å². The van der Waals surface area contributed by atoms with Gasteiger partial charge < -0.3 is 10.4 Å². The van der Waals surface area contributed by atoms with Crippen molar-refractivity contribution in [2.45, 2.75) is 32.4 Å². The number of aromatic nitrogens is 1. The monoisotopic (exact) mass is 293 g/mol. The lowest BCUT2D eigenvalue weighted by molar-refractivity contribution is -0.383. The van der Waals surface area contributed by atoms with Gasteiger partial charge in [0.25, 0.3) is 5.69 Å². The zero-order valence-corrected chi connectivity index (χ0v) is 11.7. The molecule has 0 bridgehead atoms. The Hall–Kier alpha value is -2.28. The van der Waals surface area contributed by atoms with Crippen LogP contribution in [-0.4, -0.2) is 27.2 Å². The summed E-state index contributed by atoms with van der Waals surface area (Å²) in [5.74, 6) is -0.731. The molecule has 7 heteroatoms. The molecule has 0 aliphatic carbocycles. The molecule has 112 valence electrons. The lowest BCUT2D eigenvalue weighted by Gasteiger charge is -2.18. The van der Waals surface area contributed by atoms with Crippen LogP contribution >= 0.6 is 0 Å². The Balaban J connectivity index is 2.52. The van der Waals surface area contributed by atoms with Crippen LogP contribution in [0.4, 0.5) is 15.8 Å². The SMILES string of the molecule is CC(O)CC(C)Nc1c(F)cc([N+](=O)[O-])c2cccnc12. The number of benzene rings is 1. The number of non-ortho nitro benzene ring substituents is 1. The summed E-state index contributed by atoms with van der Waals surface area (Å²) in [6.07, 6.45) is 1.34. The van der Waals surface area contributed by atoms with Crippen LogP contribution in [0.3, 0.4) is 0 Å². The van der Waals surface area contributed by atoms with Crippen LogP contribution in [0.2, 0.25) is 0 Å². The summed E-state index contributed by atoms with van der Waals surface area (Å²) < 4.78 is 14.2. The number of fused-ring (bicyclic) bond motifs is 1. The average Bonchev–Trinajstić information content (AvgIpc) is 2.40. The molecular weight excluding hydrogens is 277 g/mol. The van der Waals surface area contributed by atoms with Crippen molar-refractivity contribution in [1.82, 2.24) is 4.98 Å². The van der Waals surface area contributed by atoms with Crippen LogP contribution in [0, 0.1) is 15.9 Å². The van der Waals surface area contributed by atoms with E-state index in [1.165, 1.54) is 12.3 Å². The molecule has 0 amide bonds. The molecule has 2 aromatic rings. The lowest BCUT2D eigenvalue weighted by atomic mass is 10.1. The van der Waals surface area contributed by atoms with E-state index in [0.717, 1.165) is 6.07 Å². The molecule has 0 fully saturated rings. The number of aliphatic hydroxyl groups excluding tert-OH is 1. The smallest absolute Gasteiger partial charge is 0.281 e. The van der Waals surface area contributed by atoms with Gasteiger partial charge in [-0.2, -0.15) is 0 Å². The number of nitrogens with one attached hydrogen (secondary N) is 1. The minimum absolute atomic E-state index is 0.115. The number of nitro benzene ring substituents is 1. The van der Waals surface area contributed by atoms with Crippen molar-refractivity contribution in [3.8, 4) is 0 Å². The third-order valence-electron chi connectivity index (χ3n) is 3.10. The van der Waals surface area contributed by atoms with Crippen LogP contribution in [-0.2, 0) is 0 Å². The van der Waals surface area contributed by atoms with Crippen LogP contribution in [0.25, 0.3) is 10.9 Å². The Morgan fingerprint density at radius 3 is 2.86 bits per heavy atom. The van der Waals surface area contributed by atoms with Crippen molar-refractivity contribution >= 4 is 22.3 Å². The number of pyridine rings is 1. The van der Waals surface area contributed by atoms with Crippen LogP contribution in [0.5, 0.6) is 0 Å². The average molecular weight is 293 g/mol. The highest BCUT2D eigenvalue weighted by atomic mass is 19.1. The molecule has 2 unspecified atom stereocenters. The Labute approximate surface area is 120 Å². The van der Waals surface area contributed by atoms with Gasteiger partial charge in [-0.25, -0.2) is 4.39 Å². The van der Waals surface area contributed by atoms with Crippen molar-refractivity contribution < 1.29 is 14.4 Å². The van der Waals surface area contributed by atoms with Gasteiger partial charge in [-0.15, -0.1) is 0 Å². The van der Waals surface area contributed by atoms with Gasteiger partial charge in [0.1, 0.15) is 5.52 Å². The first kappa shape index (κ1) is 15.1. The zero-order valence-electron chi connectivity index (χ0n) is 11.7. The molecule has 1 aromatic heterocycles. The van der Waals surface area contributed by atoms with Crippen molar-refractivity contribution in [2.24, 2.45) is 0 Å². The predicted octanol–water partition coefficient (Wildman–Crippen LogP) is 2.85. The molecule has 1 aromatic carbocycles. The fourth-order valence-electron chi connectivity index (χ4n) is 2.30. The molecule has 0 saturated heterocycles. The highest BCUT2D eigenvalue weighted by Crippen LogP contribution is 2.33. The molecule has 2 atom stereocenters. The number of hydrogen-bond acceptors (Lipinski definition) is 5. The summed E-state index contributed by atoms with van der Waals surface area (Å²) in [4.78, 5) is 14.4. The summed E-state index contributed by atoms with van der Waals surface area (Å²) in [6.45, 7) is 3.43. The van der Waals surface area contributed by atoms with E-state index in [1.54, 1.807) is 19.9 Å². The summed E-state index contributed by atoms with van der Waals surface area (Å²) in [7, 11) is 0. The molecule has 1 heterocycles. The van der Waals surface area contributed by atoms with Crippen LogP contribution < -0.4 is 5.32 Å². The summed E-state index contributed by atoms with van der Waals surface area (Å²) >= 11 is 0. The Bertz CT molecular complexity index is 676. The first-order chi connectivity index (χ1) is 9.90. The number of halogens is 1. The van der Waals surface area contributed by atoms with E-state index in [4.69, 9.17) is 0 Å². The van der Waals surface area contributed by atoms with E-state index in [9.17, 15) is 19.6 Å². The first-order valence-electron chi connectivity index (χ1n) is 6.56. The van der Waals surface area contributed by atoms with Crippen molar-refractivity contribution in [3.63, 3.8) is 0 Å². The number of rotatable bonds is 5. The number of nitro groups is 1. The molecule has 0 saturated carbocycles. The van der Waals surface area contributed by atoms with Crippen molar-refractivity contribution in [3.05, 3.63) is 40.3 Å². The maximum atomic E-state index is 14.2. The first-order valence-corrected chi connectivity index (χ1v) is 6.56. The second kappa shape index (κ2) is 6.01. The Kier molecular flexibility index (Phi) is 4.32. The van der Waals surface area contributed by atoms with Crippen LogP contribution in [0.1, 0.15) is 20.3 Å². The number of nitrogens with zero attached hydrogens (tertiary/aromatic N) is 2. The van der Waals surface area contributed by atoms with Gasteiger partial charge in [0.2, 0.25) is 0 Å². The predicted molar refractivity (Wildman–Crippen MR) is 77.7 cm³/mol. The zero-order chi connectivity index (χ0) is 15.6. The summed E-state index contributed by atoms with van der Waals surface area (Å²) in [5.41, 5.74) is 0.00956. The van der Waals surface area contributed by atoms with Gasteiger partial charge in [0, 0.05) is 12.2 Å². The van der Waals surface area contributed by atoms with E-state index in [0.29, 0.717) is 6.42 Å². The summed E-state index contributed by atoms with van der Waals surface area (Å²) in [5, 5.41) is 23.6. The second-order valence-corrected chi connectivity index (χ2v) is 5.04. The largest absolute Gasteiger partial charge is 0.393 e. The third kappa shape index (κ3) is 3.25. The van der Waals surface area contributed by atoms with Gasteiger partial charge in [-0.05, 0) is 32.4 Å². The highest BCUT2D eigenvalue weighted by molar-refractivity contribution is 5.97. The molecule has 2 N–H and O–H groups in total. The second-order valence-electron chi connectivity index (χ2n) is 5.04. The third-order valence-corrected chi connectivity index (χ3v) is 3.10. The van der Waals surface area contributed by atoms with Crippen molar-refractivity contribution in [2.75, 3.05) is 5.32 Å². The Morgan fingerprint density at radius 1 is 1.52 bits per heavy atom. The molecule has 0 radical (unpaired) electrons. The molecule has 21 heavy (non-hydrogen) atoms. The number of aliphatic hydroxyl groups is 1. The fourth-order valence-corrected chi connectivity index (χ4v) is 2.30. The van der Waals surface area contributed by atoms with Gasteiger partial charge >= 0.3 is 0 Å². The van der Waals surface area contributed by atoms with E-state index < -0.39 is 16.8 Å².